The highest BCUT2D eigenvalue weighted by Gasteiger charge is 2.19. The molecule has 4 rings (SSSR count). The molecule has 2 heterocycles. The van der Waals surface area contributed by atoms with E-state index < -0.39 is 5.91 Å². The number of hydrogen-bond acceptors (Lipinski definition) is 4. The first-order valence-electron chi connectivity index (χ1n) is 9.43. The van der Waals surface area contributed by atoms with E-state index in [1.54, 1.807) is 18.3 Å². The molecule has 1 saturated heterocycles. The van der Waals surface area contributed by atoms with Gasteiger partial charge < -0.3 is 16.0 Å². The molecule has 0 radical (unpaired) electrons. The van der Waals surface area contributed by atoms with Crippen LogP contribution in [0.25, 0.3) is 10.9 Å². The molecule has 2 amide bonds. The molecule has 0 atom stereocenters. The highest BCUT2D eigenvalue weighted by atomic mass is 16.2. The van der Waals surface area contributed by atoms with Gasteiger partial charge in [0.2, 0.25) is 11.8 Å². The average molecular weight is 374 g/mol. The van der Waals surface area contributed by atoms with Crippen LogP contribution in [0.1, 0.15) is 28.8 Å². The van der Waals surface area contributed by atoms with Gasteiger partial charge in [-0.2, -0.15) is 0 Å². The van der Waals surface area contributed by atoms with E-state index in [0.717, 1.165) is 48.1 Å². The van der Waals surface area contributed by atoms with Gasteiger partial charge in [0.05, 0.1) is 23.3 Å². The van der Waals surface area contributed by atoms with Crippen molar-refractivity contribution >= 4 is 34.1 Å². The predicted octanol–water partition coefficient (Wildman–Crippen LogP) is 3.12. The first-order valence-corrected chi connectivity index (χ1v) is 9.43. The molecule has 1 aliphatic rings. The molecular weight excluding hydrogens is 352 g/mol. The summed E-state index contributed by atoms with van der Waals surface area (Å²) >= 11 is 0. The minimum atomic E-state index is -0.512. The third-order valence-corrected chi connectivity index (χ3v) is 5.07. The molecule has 6 nitrogen and oxygen atoms in total. The molecule has 3 aromatic rings. The maximum atomic E-state index is 12.8. The standard InChI is InChI=1S/C22H22N4O2/c23-22(28)17-8-9-19(26-11-1-2-12-26)18(13-17)25-20(27)14-16-6-3-5-15-7-4-10-24-21(15)16/h3-10,13H,1-2,11-12,14H2,(H2,23,28)(H,25,27). The molecule has 0 unspecified atom stereocenters. The lowest BCUT2D eigenvalue weighted by atomic mass is 10.1. The summed E-state index contributed by atoms with van der Waals surface area (Å²) in [4.78, 5) is 31.0. The Hall–Kier alpha value is -3.41. The van der Waals surface area contributed by atoms with Gasteiger partial charge >= 0.3 is 0 Å². The number of rotatable bonds is 5. The smallest absolute Gasteiger partial charge is 0.248 e. The molecule has 1 fully saturated rings. The molecule has 0 aliphatic carbocycles. The van der Waals surface area contributed by atoms with Gasteiger partial charge in [0, 0.05) is 30.2 Å². The first kappa shape index (κ1) is 18.0. The Bertz CT molecular complexity index is 1040. The van der Waals surface area contributed by atoms with Crippen LogP contribution in [0.3, 0.4) is 0 Å². The van der Waals surface area contributed by atoms with Crippen molar-refractivity contribution < 1.29 is 9.59 Å². The number of nitrogens with zero attached hydrogens (tertiary/aromatic N) is 2. The summed E-state index contributed by atoms with van der Waals surface area (Å²) < 4.78 is 0. The molecule has 3 N–H and O–H groups in total. The summed E-state index contributed by atoms with van der Waals surface area (Å²) in [5, 5.41) is 3.98. The van der Waals surface area contributed by atoms with E-state index in [9.17, 15) is 9.59 Å². The summed E-state index contributed by atoms with van der Waals surface area (Å²) in [6.07, 6.45) is 4.17. The van der Waals surface area contributed by atoms with Crippen LogP contribution >= 0.6 is 0 Å². The second-order valence-electron chi connectivity index (χ2n) is 7.01. The number of nitrogens with one attached hydrogen (secondary N) is 1. The fourth-order valence-corrected chi connectivity index (χ4v) is 3.70. The highest BCUT2D eigenvalue weighted by Crippen LogP contribution is 2.30. The van der Waals surface area contributed by atoms with E-state index >= 15 is 0 Å². The molecule has 6 heteroatoms. The van der Waals surface area contributed by atoms with Crippen molar-refractivity contribution in [1.82, 2.24) is 4.98 Å². The zero-order chi connectivity index (χ0) is 19.5. The van der Waals surface area contributed by atoms with Crippen molar-refractivity contribution in [3.63, 3.8) is 0 Å². The van der Waals surface area contributed by atoms with Crippen LogP contribution < -0.4 is 16.0 Å². The van der Waals surface area contributed by atoms with Crippen LogP contribution in [0.4, 0.5) is 11.4 Å². The van der Waals surface area contributed by atoms with Gasteiger partial charge in [-0.1, -0.05) is 24.3 Å². The van der Waals surface area contributed by atoms with Gasteiger partial charge in [-0.15, -0.1) is 0 Å². The minimum Gasteiger partial charge on any atom is -0.370 e. The molecule has 2 aromatic carbocycles. The zero-order valence-electron chi connectivity index (χ0n) is 15.5. The Morgan fingerprint density at radius 2 is 1.86 bits per heavy atom. The molecule has 1 aromatic heterocycles. The number of hydrogen-bond donors (Lipinski definition) is 2. The lowest BCUT2D eigenvalue weighted by molar-refractivity contribution is -0.115. The van der Waals surface area contributed by atoms with Gasteiger partial charge in [-0.05, 0) is 42.7 Å². The van der Waals surface area contributed by atoms with Crippen LogP contribution in [0, 0.1) is 0 Å². The van der Waals surface area contributed by atoms with E-state index in [-0.39, 0.29) is 12.3 Å². The Balaban J connectivity index is 1.61. The van der Waals surface area contributed by atoms with E-state index in [1.165, 1.54) is 0 Å². The van der Waals surface area contributed by atoms with Gasteiger partial charge in [0.15, 0.2) is 0 Å². The highest BCUT2D eigenvalue weighted by molar-refractivity contribution is 6.00. The van der Waals surface area contributed by atoms with Crippen LogP contribution in [0.15, 0.2) is 54.7 Å². The first-order chi connectivity index (χ1) is 13.6. The van der Waals surface area contributed by atoms with Crippen molar-refractivity contribution in [2.24, 2.45) is 5.73 Å². The van der Waals surface area contributed by atoms with E-state index in [1.807, 2.05) is 36.4 Å². The van der Waals surface area contributed by atoms with Crippen molar-refractivity contribution in [3.05, 3.63) is 65.9 Å². The lowest BCUT2D eigenvalue weighted by Crippen LogP contribution is -2.23. The molecular formula is C22H22N4O2. The summed E-state index contributed by atoms with van der Waals surface area (Å²) in [5.41, 5.74) is 9.04. The number of carbonyl (C=O) groups is 2. The molecule has 28 heavy (non-hydrogen) atoms. The maximum absolute atomic E-state index is 12.8. The Morgan fingerprint density at radius 3 is 2.64 bits per heavy atom. The quantitative estimate of drug-likeness (QED) is 0.718. The van der Waals surface area contributed by atoms with E-state index in [2.05, 4.69) is 15.2 Å². The van der Waals surface area contributed by atoms with Crippen molar-refractivity contribution in [1.29, 1.82) is 0 Å². The molecule has 142 valence electrons. The third-order valence-electron chi connectivity index (χ3n) is 5.07. The van der Waals surface area contributed by atoms with Crippen molar-refractivity contribution in [2.45, 2.75) is 19.3 Å². The normalized spacial score (nSPS) is 13.6. The van der Waals surface area contributed by atoms with Crippen molar-refractivity contribution in [3.8, 4) is 0 Å². The predicted molar refractivity (Wildman–Crippen MR) is 110 cm³/mol. The van der Waals surface area contributed by atoms with E-state index in [0.29, 0.717) is 11.3 Å². The Labute approximate surface area is 163 Å². The second kappa shape index (κ2) is 7.68. The number of carbonyl (C=O) groups excluding carboxylic acids is 2. The largest absolute Gasteiger partial charge is 0.370 e. The maximum Gasteiger partial charge on any atom is 0.248 e. The second-order valence-corrected chi connectivity index (χ2v) is 7.01. The van der Waals surface area contributed by atoms with Crippen LogP contribution in [-0.2, 0) is 11.2 Å². The molecule has 0 spiro atoms. The topological polar surface area (TPSA) is 88.3 Å². The molecule has 1 aliphatic heterocycles. The summed E-state index contributed by atoms with van der Waals surface area (Å²) in [5.74, 6) is -0.665. The van der Waals surface area contributed by atoms with Crippen LogP contribution in [0.5, 0.6) is 0 Å². The van der Waals surface area contributed by atoms with Crippen LogP contribution in [0.2, 0.25) is 0 Å². The number of amides is 2. The number of primary amides is 1. The Kier molecular flexibility index (Phi) is 4.93. The van der Waals surface area contributed by atoms with Crippen LogP contribution in [-0.4, -0.2) is 29.9 Å². The monoisotopic (exact) mass is 374 g/mol. The fraction of sp³-hybridized carbons (Fsp3) is 0.227. The number of benzene rings is 2. The summed E-state index contributed by atoms with van der Waals surface area (Å²) in [6, 6.07) is 14.9. The number of aromatic nitrogens is 1. The molecule has 0 saturated carbocycles. The van der Waals surface area contributed by atoms with Gasteiger partial charge in [-0.25, -0.2) is 0 Å². The number of anilines is 2. The molecule has 0 bridgehead atoms. The average Bonchev–Trinajstić information content (AvgIpc) is 3.22. The fourth-order valence-electron chi connectivity index (χ4n) is 3.70. The number of fused-ring (bicyclic) bond motifs is 1. The minimum absolute atomic E-state index is 0.153. The van der Waals surface area contributed by atoms with Gasteiger partial charge in [-0.3, -0.25) is 14.6 Å². The van der Waals surface area contributed by atoms with Gasteiger partial charge in [0.25, 0.3) is 0 Å². The van der Waals surface area contributed by atoms with Gasteiger partial charge in [0.1, 0.15) is 0 Å². The number of nitrogens with two attached hydrogens (primary N) is 1. The number of pyridine rings is 1. The number of para-hydroxylation sites is 1. The van der Waals surface area contributed by atoms with E-state index in [4.69, 9.17) is 5.73 Å². The third kappa shape index (κ3) is 3.67. The zero-order valence-corrected chi connectivity index (χ0v) is 15.5. The summed E-state index contributed by atoms with van der Waals surface area (Å²) in [7, 11) is 0. The summed E-state index contributed by atoms with van der Waals surface area (Å²) in [6.45, 7) is 1.87. The SMILES string of the molecule is NC(=O)c1ccc(N2CCCC2)c(NC(=O)Cc2cccc3cccnc23)c1. The van der Waals surface area contributed by atoms with Crippen molar-refractivity contribution in [2.75, 3.05) is 23.3 Å². The lowest BCUT2D eigenvalue weighted by Gasteiger charge is -2.22. The Morgan fingerprint density at radius 1 is 1.07 bits per heavy atom.